The molecule has 25 heavy (non-hydrogen) atoms. The molecule has 1 aromatic heterocycles. The van der Waals surface area contributed by atoms with Crippen LogP contribution >= 0.6 is 0 Å². The van der Waals surface area contributed by atoms with Gasteiger partial charge in [-0.15, -0.1) is 0 Å². The van der Waals surface area contributed by atoms with Gasteiger partial charge in [0, 0.05) is 13.0 Å². The molecule has 3 aromatic rings. The number of nitrogens with zero attached hydrogens (tertiary/aromatic N) is 2. The van der Waals surface area contributed by atoms with Crippen LogP contribution in [0, 0.1) is 5.82 Å². The van der Waals surface area contributed by atoms with E-state index in [1.807, 2.05) is 29.2 Å². The highest BCUT2D eigenvalue weighted by atomic mass is 19.1. The molecule has 4 nitrogen and oxygen atoms in total. The summed E-state index contributed by atoms with van der Waals surface area (Å²) in [6.07, 6.45) is 2.98. The Bertz CT molecular complexity index is 854. The molecule has 128 valence electrons. The van der Waals surface area contributed by atoms with Crippen LogP contribution in [0.15, 0.2) is 48.5 Å². The number of benzene rings is 2. The van der Waals surface area contributed by atoms with Gasteiger partial charge in [0.2, 0.25) is 5.91 Å². The van der Waals surface area contributed by atoms with E-state index >= 15 is 0 Å². The van der Waals surface area contributed by atoms with Crippen molar-refractivity contribution in [2.24, 2.45) is 0 Å². The summed E-state index contributed by atoms with van der Waals surface area (Å²) in [5, 5.41) is 0. The highest BCUT2D eigenvalue weighted by molar-refractivity contribution is 5.78. The molecule has 1 N–H and O–H groups in total. The van der Waals surface area contributed by atoms with Crippen molar-refractivity contribution in [2.45, 2.75) is 31.7 Å². The minimum Gasteiger partial charge on any atom is -0.340 e. The molecule has 1 amide bonds. The number of halogens is 1. The second-order valence-electron chi connectivity index (χ2n) is 6.51. The van der Waals surface area contributed by atoms with Crippen molar-refractivity contribution >= 4 is 16.9 Å². The largest absolute Gasteiger partial charge is 0.340 e. The van der Waals surface area contributed by atoms with Gasteiger partial charge in [-0.05, 0) is 49.1 Å². The van der Waals surface area contributed by atoms with Crippen molar-refractivity contribution in [2.75, 3.05) is 6.54 Å². The Kier molecular flexibility index (Phi) is 4.22. The molecular weight excluding hydrogens is 317 g/mol. The summed E-state index contributed by atoms with van der Waals surface area (Å²) in [6.45, 7) is 0.768. The van der Waals surface area contributed by atoms with Crippen LogP contribution in [0.1, 0.15) is 36.7 Å². The number of aryl methyl sites for hydroxylation is 1. The van der Waals surface area contributed by atoms with Gasteiger partial charge in [-0.3, -0.25) is 4.79 Å². The molecule has 0 bridgehead atoms. The number of aromatic amines is 1. The van der Waals surface area contributed by atoms with Gasteiger partial charge in [0.05, 0.1) is 17.1 Å². The first-order chi connectivity index (χ1) is 12.2. The van der Waals surface area contributed by atoms with Crippen LogP contribution in [0.4, 0.5) is 4.39 Å². The van der Waals surface area contributed by atoms with Gasteiger partial charge in [0.25, 0.3) is 0 Å². The zero-order valence-electron chi connectivity index (χ0n) is 13.9. The number of nitrogens with one attached hydrogen (secondary N) is 1. The minimum atomic E-state index is -0.250. The fraction of sp³-hybridized carbons (Fsp3) is 0.300. The first-order valence-corrected chi connectivity index (χ1v) is 8.69. The lowest BCUT2D eigenvalue weighted by Crippen LogP contribution is -2.31. The Balaban J connectivity index is 1.46. The molecule has 5 heteroatoms. The lowest BCUT2D eigenvalue weighted by molar-refractivity contribution is -0.132. The van der Waals surface area contributed by atoms with Gasteiger partial charge >= 0.3 is 0 Å². The molecule has 0 radical (unpaired) electrons. The normalized spacial score (nSPS) is 17.3. The molecule has 4 rings (SSSR count). The molecule has 1 saturated heterocycles. The van der Waals surface area contributed by atoms with Crippen molar-refractivity contribution in [3.05, 3.63) is 65.7 Å². The van der Waals surface area contributed by atoms with Crippen molar-refractivity contribution in [3.63, 3.8) is 0 Å². The van der Waals surface area contributed by atoms with Crippen LogP contribution in [0.2, 0.25) is 0 Å². The number of carbonyl (C=O) groups excluding carboxylic acids is 1. The maximum Gasteiger partial charge on any atom is 0.223 e. The highest BCUT2D eigenvalue weighted by Crippen LogP contribution is 2.32. The van der Waals surface area contributed by atoms with Crippen LogP contribution in [0.5, 0.6) is 0 Å². The number of rotatable bonds is 4. The summed E-state index contributed by atoms with van der Waals surface area (Å²) < 4.78 is 13.0. The molecule has 0 aliphatic carbocycles. The molecule has 1 aliphatic rings. The fourth-order valence-corrected chi connectivity index (χ4v) is 3.53. The number of aromatic nitrogens is 2. The van der Waals surface area contributed by atoms with Gasteiger partial charge in [-0.2, -0.15) is 0 Å². The van der Waals surface area contributed by atoms with E-state index in [4.69, 9.17) is 0 Å². The average Bonchev–Trinajstić information content (AvgIpc) is 3.27. The van der Waals surface area contributed by atoms with E-state index in [1.165, 1.54) is 12.1 Å². The number of hydrogen-bond donors (Lipinski definition) is 1. The number of hydrogen-bond acceptors (Lipinski definition) is 2. The monoisotopic (exact) mass is 337 g/mol. The number of carbonyl (C=O) groups is 1. The molecule has 0 unspecified atom stereocenters. The topological polar surface area (TPSA) is 49.0 Å². The zero-order valence-corrected chi connectivity index (χ0v) is 13.9. The van der Waals surface area contributed by atoms with Crippen LogP contribution < -0.4 is 0 Å². The van der Waals surface area contributed by atoms with Gasteiger partial charge in [-0.25, -0.2) is 9.37 Å². The predicted molar refractivity (Wildman–Crippen MR) is 94.5 cm³/mol. The number of fused-ring (bicyclic) bond motifs is 1. The van der Waals surface area contributed by atoms with Crippen LogP contribution in [0.3, 0.4) is 0 Å². The maximum absolute atomic E-state index is 13.0. The summed E-state index contributed by atoms with van der Waals surface area (Å²) in [6, 6.07) is 14.3. The van der Waals surface area contributed by atoms with Crippen LogP contribution in [-0.4, -0.2) is 27.3 Å². The third kappa shape index (κ3) is 3.27. The Morgan fingerprint density at radius 2 is 2.00 bits per heavy atom. The fourth-order valence-electron chi connectivity index (χ4n) is 3.53. The molecule has 0 saturated carbocycles. The quantitative estimate of drug-likeness (QED) is 0.782. The smallest absolute Gasteiger partial charge is 0.223 e. The molecule has 1 atom stereocenters. The van der Waals surface area contributed by atoms with Crippen molar-refractivity contribution in [1.82, 2.24) is 14.9 Å². The second-order valence-corrected chi connectivity index (χ2v) is 6.51. The number of imidazole rings is 1. The molecule has 2 aromatic carbocycles. The SMILES string of the molecule is O=C(CCc1ccc(F)cc1)N1CCC[C@@H]1c1nc2ccccc2[nH]1. The van der Waals surface area contributed by atoms with E-state index in [1.54, 1.807) is 12.1 Å². The van der Waals surface area contributed by atoms with E-state index < -0.39 is 0 Å². The second kappa shape index (κ2) is 6.67. The third-order valence-corrected chi connectivity index (χ3v) is 4.84. The summed E-state index contributed by atoms with van der Waals surface area (Å²) in [5.74, 6) is 0.751. The van der Waals surface area contributed by atoms with Gasteiger partial charge in [0.15, 0.2) is 0 Å². The molecular formula is C20H20FN3O. The van der Waals surface area contributed by atoms with Crippen molar-refractivity contribution < 1.29 is 9.18 Å². The maximum atomic E-state index is 13.0. The number of likely N-dealkylation sites (tertiary alicyclic amines) is 1. The minimum absolute atomic E-state index is 0.0214. The molecule has 1 aliphatic heterocycles. The Hall–Kier alpha value is -2.69. The van der Waals surface area contributed by atoms with E-state index in [0.717, 1.165) is 41.8 Å². The number of para-hydroxylation sites is 2. The highest BCUT2D eigenvalue weighted by Gasteiger charge is 2.31. The van der Waals surface area contributed by atoms with Crippen LogP contribution in [-0.2, 0) is 11.2 Å². The Labute approximate surface area is 145 Å². The standard InChI is InChI=1S/C20H20FN3O/c21-15-10-7-14(8-11-15)9-12-19(25)24-13-3-6-18(24)20-22-16-4-1-2-5-17(16)23-20/h1-2,4-5,7-8,10-11,18H,3,6,9,12-13H2,(H,22,23)/t18-/m1/s1. The van der Waals surface area contributed by atoms with Gasteiger partial charge < -0.3 is 9.88 Å². The van der Waals surface area contributed by atoms with Crippen molar-refractivity contribution in [1.29, 1.82) is 0 Å². The summed E-state index contributed by atoms with van der Waals surface area (Å²) >= 11 is 0. The first kappa shape index (κ1) is 15.8. The van der Waals surface area contributed by atoms with Crippen LogP contribution in [0.25, 0.3) is 11.0 Å². The molecule has 0 spiro atoms. The summed E-state index contributed by atoms with van der Waals surface area (Å²) in [7, 11) is 0. The summed E-state index contributed by atoms with van der Waals surface area (Å²) in [5.41, 5.74) is 2.92. The number of H-pyrrole nitrogens is 1. The Morgan fingerprint density at radius 3 is 2.80 bits per heavy atom. The van der Waals surface area contributed by atoms with Crippen molar-refractivity contribution in [3.8, 4) is 0 Å². The van der Waals surface area contributed by atoms with Gasteiger partial charge in [0.1, 0.15) is 11.6 Å². The van der Waals surface area contributed by atoms with E-state index in [2.05, 4.69) is 9.97 Å². The predicted octanol–water partition coefficient (Wildman–Crippen LogP) is 4.00. The average molecular weight is 337 g/mol. The van der Waals surface area contributed by atoms with E-state index in [9.17, 15) is 9.18 Å². The Morgan fingerprint density at radius 1 is 1.20 bits per heavy atom. The first-order valence-electron chi connectivity index (χ1n) is 8.69. The van der Waals surface area contributed by atoms with E-state index in [0.29, 0.717) is 12.8 Å². The summed E-state index contributed by atoms with van der Waals surface area (Å²) in [4.78, 5) is 22.6. The molecule has 2 heterocycles. The third-order valence-electron chi connectivity index (χ3n) is 4.84. The molecule has 1 fully saturated rings. The van der Waals surface area contributed by atoms with E-state index in [-0.39, 0.29) is 17.8 Å². The number of amides is 1. The zero-order chi connectivity index (χ0) is 17.2. The lowest BCUT2D eigenvalue weighted by Gasteiger charge is -2.23. The van der Waals surface area contributed by atoms with Gasteiger partial charge in [-0.1, -0.05) is 24.3 Å². The lowest BCUT2D eigenvalue weighted by atomic mass is 10.1.